The van der Waals surface area contributed by atoms with Crippen molar-refractivity contribution in [1.29, 1.82) is 0 Å². The highest BCUT2D eigenvalue weighted by molar-refractivity contribution is 5.25. The van der Waals surface area contributed by atoms with Crippen LogP contribution in [0, 0.1) is 0 Å². The highest BCUT2D eigenvalue weighted by Gasteiger charge is 2.12. The first-order chi connectivity index (χ1) is 6.69. The fourth-order valence-electron chi connectivity index (χ4n) is 1.66. The van der Waals surface area contributed by atoms with Gasteiger partial charge in [-0.05, 0) is 29.9 Å². The zero-order valence-electron chi connectivity index (χ0n) is 9.46. The van der Waals surface area contributed by atoms with E-state index in [1.165, 1.54) is 11.1 Å². The molecule has 0 amide bonds. The Labute approximate surface area is 87.3 Å². The zero-order chi connectivity index (χ0) is 10.6. The Bertz CT molecular complexity index is 263. The summed E-state index contributed by atoms with van der Waals surface area (Å²) in [6.07, 6.45) is 2.14. The molecular weight excluding hydrogens is 170 g/mol. The fourth-order valence-corrected chi connectivity index (χ4v) is 1.66. The van der Waals surface area contributed by atoms with Gasteiger partial charge in [-0.1, -0.05) is 45.0 Å². The fraction of sp³-hybridized carbons (Fsp3) is 0.538. The Morgan fingerprint density at radius 2 is 1.71 bits per heavy atom. The van der Waals surface area contributed by atoms with E-state index in [2.05, 4.69) is 45.0 Å². The lowest BCUT2D eigenvalue weighted by atomic mass is 9.91. The molecule has 0 bridgehead atoms. The first-order valence-corrected chi connectivity index (χ1v) is 5.53. The van der Waals surface area contributed by atoms with Gasteiger partial charge < -0.3 is 5.73 Å². The first kappa shape index (κ1) is 11.3. The molecule has 78 valence electrons. The van der Waals surface area contributed by atoms with Gasteiger partial charge in [0.05, 0.1) is 0 Å². The Balaban J connectivity index is 2.75. The quantitative estimate of drug-likeness (QED) is 0.777. The number of nitrogens with two attached hydrogens (primary N) is 1. The summed E-state index contributed by atoms with van der Waals surface area (Å²) in [7, 11) is 0. The first-order valence-electron chi connectivity index (χ1n) is 5.53. The van der Waals surface area contributed by atoms with Crippen molar-refractivity contribution >= 4 is 0 Å². The molecule has 2 atom stereocenters. The lowest BCUT2D eigenvalue weighted by Crippen LogP contribution is -2.25. The summed E-state index contributed by atoms with van der Waals surface area (Å²) >= 11 is 0. The molecule has 1 aromatic rings. The van der Waals surface area contributed by atoms with Gasteiger partial charge in [0.1, 0.15) is 0 Å². The second-order valence-corrected chi connectivity index (χ2v) is 3.96. The van der Waals surface area contributed by atoms with Crippen LogP contribution < -0.4 is 5.73 Å². The van der Waals surface area contributed by atoms with E-state index in [0.717, 1.165) is 12.8 Å². The molecule has 1 aromatic carbocycles. The van der Waals surface area contributed by atoms with Crippen molar-refractivity contribution in [2.75, 3.05) is 0 Å². The van der Waals surface area contributed by atoms with E-state index in [4.69, 9.17) is 5.73 Å². The molecule has 2 N–H and O–H groups in total. The van der Waals surface area contributed by atoms with Gasteiger partial charge in [-0.2, -0.15) is 0 Å². The predicted octanol–water partition coefficient (Wildman–Crippen LogP) is 3.09. The number of rotatable bonds is 4. The Kier molecular flexibility index (Phi) is 4.15. The molecule has 0 aromatic heterocycles. The third kappa shape index (κ3) is 2.58. The van der Waals surface area contributed by atoms with Gasteiger partial charge in [-0.15, -0.1) is 0 Å². The van der Waals surface area contributed by atoms with Gasteiger partial charge in [0.25, 0.3) is 0 Å². The molecule has 2 unspecified atom stereocenters. The molecule has 1 rings (SSSR count). The molecule has 0 saturated carbocycles. The van der Waals surface area contributed by atoms with E-state index in [0.29, 0.717) is 5.92 Å². The Morgan fingerprint density at radius 3 is 2.14 bits per heavy atom. The van der Waals surface area contributed by atoms with E-state index in [1.54, 1.807) is 0 Å². The van der Waals surface area contributed by atoms with Crippen molar-refractivity contribution in [3.05, 3.63) is 35.4 Å². The molecule has 0 heterocycles. The van der Waals surface area contributed by atoms with Crippen LogP contribution in [-0.2, 0) is 6.42 Å². The Hall–Kier alpha value is -0.820. The van der Waals surface area contributed by atoms with Crippen LogP contribution in [0.15, 0.2) is 24.3 Å². The summed E-state index contributed by atoms with van der Waals surface area (Å²) in [6.45, 7) is 6.52. The summed E-state index contributed by atoms with van der Waals surface area (Å²) in [5.41, 5.74) is 8.77. The summed E-state index contributed by atoms with van der Waals surface area (Å²) in [4.78, 5) is 0. The number of hydrogen-bond acceptors (Lipinski definition) is 1. The van der Waals surface area contributed by atoms with Gasteiger partial charge in [0.2, 0.25) is 0 Å². The van der Waals surface area contributed by atoms with Crippen LogP contribution >= 0.6 is 0 Å². The third-order valence-electron chi connectivity index (χ3n) is 3.03. The van der Waals surface area contributed by atoms with Crippen molar-refractivity contribution in [1.82, 2.24) is 0 Å². The van der Waals surface area contributed by atoms with Crippen molar-refractivity contribution < 1.29 is 0 Å². The molecule has 0 fully saturated rings. The molecular formula is C13H21N. The second kappa shape index (κ2) is 5.16. The molecule has 14 heavy (non-hydrogen) atoms. The summed E-state index contributed by atoms with van der Waals surface area (Å²) in [6, 6.07) is 9.10. The standard InChI is InChI=1S/C13H21N/c1-4-11-6-8-12(9-7-11)10(3)13(14)5-2/h6-10,13H,4-5,14H2,1-3H3. The van der Waals surface area contributed by atoms with Gasteiger partial charge in [-0.25, -0.2) is 0 Å². The van der Waals surface area contributed by atoms with Gasteiger partial charge in [0.15, 0.2) is 0 Å². The SMILES string of the molecule is CCc1ccc(C(C)C(N)CC)cc1. The van der Waals surface area contributed by atoms with E-state index in [-0.39, 0.29) is 6.04 Å². The lowest BCUT2D eigenvalue weighted by molar-refractivity contribution is 0.551. The highest BCUT2D eigenvalue weighted by Crippen LogP contribution is 2.20. The van der Waals surface area contributed by atoms with Gasteiger partial charge in [-0.3, -0.25) is 0 Å². The normalized spacial score (nSPS) is 15.1. The van der Waals surface area contributed by atoms with Crippen LogP contribution in [0.25, 0.3) is 0 Å². The monoisotopic (exact) mass is 191 g/mol. The smallest absolute Gasteiger partial charge is 0.0103 e. The molecule has 0 saturated heterocycles. The van der Waals surface area contributed by atoms with Crippen LogP contribution in [0.1, 0.15) is 44.2 Å². The molecule has 1 heteroatoms. The van der Waals surface area contributed by atoms with Crippen LogP contribution in [-0.4, -0.2) is 6.04 Å². The highest BCUT2D eigenvalue weighted by atomic mass is 14.6. The number of benzene rings is 1. The van der Waals surface area contributed by atoms with Gasteiger partial charge >= 0.3 is 0 Å². The van der Waals surface area contributed by atoms with Crippen LogP contribution in [0.3, 0.4) is 0 Å². The molecule has 0 aliphatic rings. The van der Waals surface area contributed by atoms with Crippen LogP contribution in [0.2, 0.25) is 0 Å². The Morgan fingerprint density at radius 1 is 1.14 bits per heavy atom. The lowest BCUT2D eigenvalue weighted by Gasteiger charge is -2.18. The summed E-state index contributed by atoms with van der Waals surface area (Å²) < 4.78 is 0. The molecule has 0 aliphatic carbocycles. The minimum absolute atomic E-state index is 0.280. The van der Waals surface area contributed by atoms with Crippen molar-refractivity contribution in [3.63, 3.8) is 0 Å². The van der Waals surface area contributed by atoms with E-state index in [1.807, 2.05) is 0 Å². The topological polar surface area (TPSA) is 26.0 Å². The van der Waals surface area contributed by atoms with Crippen molar-refractivity contribution in [2.24, 2.45) is 5.73 Å². The molecule has 0 spiro atoms. The van der Waals surface area contributed by atoms with Crippen molar-refractivity contribution in [2.45, 2.75) is 45.6 Å². The van der Waals surface area contributed by atoms with E-state index < -0.39 is 0 Å². The predicted molar refractivity (Wildman–Crippen MR) is 62.5 cm³/mol. The molecule has 0 radical (unpaired) electrons. The van der Waals surface area contributed by atoms with Crippen LogP contribution in [0.4, 0.5) is 0 Å². The third-order valence-corrected chi connectivity index (χ3v) is 3.03. The minimum atomic E-state index is 0.280. The second-order valence-electron chi connectivity index (χ2n) is 3.96. The number of hydrogen-bond donors (Lipinski definition) is 1. The maximum atomic E-state index is 6.02. The van der Waals surface area contributed by atoms with E-state index in [9.17, 15) is 0 Å². The minimum Gasteiger partial charge on any atom is -0.327 e. The van der Waals surface area contributed by atoms with E-state index >= 15 is 0 Å². The summed E-state index contributed by atoms with van der Waals surface area (Å²) in [5, 5.41) is 0. The average Bonchev–Trinajstić information content (AvgIpc) is 2.27. The largest absolute Gasteiger partial charge is 0.327 e. The maximum absolute atomic E-state index is 6.02. The average molecular weight is 191 g/mol. The van der Waals surface area contributed by atoms with Crippen LogP contribution in [0.5, 0.6) is 0 Å². The molecule has 1 nitrogen and oxygen atoms in total. The maximum Gasteiger partial charge on any atom is 0.0103 e. The summed E-state index contributed by atoms with van der Waals surface area (Å²) in [5.74, 6) is 0.464. The zero-order valence-corrected chi connectivity index (χ0v) is 9.46. The van der Waals surface area contributed by atoms with Crippen molar-refractivity contribution in [3.8, 4) is 0 Å². The molecule has 0 aliphatic heterocycles. The van der Waals surface area contributed by atoms with Gasteiger partial charge in [0, 0.05) is 6.04 Å². The number of aryl methyl sites for hydroxylation is 1.